The number of ketones is 1. The van der Waals surface area contributed by atoms with E-state index in [1.807, 2.05) is 18.2 Å². The molecule has 0 heterocycles. The first-order chi connectivity index (χ1) is 13.9. The average molecular weight is 451 g/mol. The van der Waals surface area contributed by atoms with E-state index in [2.05, 4.69) is 21.2 Å². The maximum atomic E-state index is 12.5. The van der Waals surface area contributed by atoms with Crippen molar-refractivity contribution in [2.75, 3.05) is 0 Å². The molecule has 0 fully saturated rings. The zero-order chi connectivity index (χ0) is 20.8. The van der Waals surface area contributed by atoms with E-state index in [9.17, 15) is 14.4 Å². The molecule has 0 saturated carbocycles. The number of benzene rings is 3. The molecule has 1 atom stereocenters. The van der Waals surface area contributed by atoms with Crippen LogP contribution in [-0.4, -0.2) is 23.6 Å². The second-order valence-corrected chi connectivity index (χ2v) is 7.45. The molecule has 0 aliphatic rings. The first-order valence-electron chi connectivity index (χ1n) is 8.98. The summed E-state index contributed by atoms with van der Waals surface area (Å²) in [6.45, 7) is 0. The minimum atomic E-state index is -0.864. The van der Waals surface area contributed by atoms with Crippen molar-refractivity contribution in [1.82, 2.24) is 5.32 Å². The summed E-state index contributed by atoms with van der Waals surface area (Å²) >= 11 is 3.32. The Labute approximate surface area is 177 Å². The highest BCUT2D eigenvalue weighted by Gasteiger charge is 2.20. The molecule has 0 saturated heterocycles. The van der Waals surface area contributed by atoms with E-state index in [0.717, 1.165) is 10.0 Å². The number of hydrogen-bond acceptors (Lipinski definition) is 3. The molecule has 5 nitrogen and oxygen atoms in total. The molecule has 3 N–H and O–H groups in total. The fraction of sp³-hybridized carbons (Fsp3) is 0.0870. The molecule has 3 aromatic rings. The van der Waals surface area contributed by atoms with Gasteiger partial charge < -0.3 is 11.1 Å². The largest absolute Gasteiger partial charge is 0.368 e. The van der Waals surface area contributed by atoms with Crippen LogP contribution in [0.5, 0.6) is 0 Å². The lowest BCUT2D eigenvalue weighted by molar-refractivity contribution is -0.119. The van der Waals surface area contributed by atoms with Crippen LogP contribution in [-0.2, 0) is 11.2 Å². The summed E-state index contributed by atoms with van der Waals surface area (Å²) in [6.07, 6.45) is 0.231. The van der Waals surface area contributed by atoms with Gasteiger partial charge in [0.1, 0.15) is 6.04 Å². The fourth-order valence-electron chi connectivity index (χ4n) is 2.88. The molecular formula is C23H19BrN2O3. The number of halogens is 1. The number of carbonyl (C=O) groups excluding carboxylic acids is 3. The minimum Gasteiger partial charge on any atom is -0.368 e. The highest BCUT2D eigenvalue weighted by molar-refractivity contribution is 9.10. The van der Waals surface area contributed by atoms with E-state index in [1.165, 1.54) is 0 Å². The van der Waals surface area contributed by atoms with Crippen LogP contribution in [0.4, 0.5) is 0 Å². The Morgan fingerprint density at radius 2 is 1.45 bits per heavy atom. The summed E-state index contributed by atoms with van der Waals surface area (Å²) in [5.74, 6) is -1.09. The summed E-state index contributed by atoms with van der Waals surface area (Å²) in [7, 11) is 0. The summed E-state index contributed by atoms with van der Waals surface area (Å²) < 4.78 is 0.763. The zero-order valence-electron chi connectivity index (χ0n) is 15.5. The number of carbonyl (C=O) groups is 3. The van der Waals surface area contributed by atoms with Gasteiger partial charge in [-0.3, -0.25) is 14.4 Å². The number of amides is 2. The van der Waals surface area contributed by atoms with Crippen molar-refractivity contribution < 1.29 is 14.4 Å². The standard InChI is InChI=1S/C23H19BrN2O3/c24-19-8-4-7-18(14-19)23(29)26-20(22(25)28)13-15-9-11-17(12-10-15)21(27)16-5-2-1-3-6-16/h1-12,14,20H,13H2,(H2,25,28)(H,26,29)/t20-/m1/s1. The molecule has 0 unspecified atom stereocenters. The molecule has 0 aliphatic heterocycles. The molecule has 29 heavy (non-hydrogen) atoms. The van der Waals surface area contributed by atoms with Crippen LogP contribution in [0.1, 0.15) is 31.8 Å². The molecule has 3 aromatic carbocycles. The molecular weight excluding hydrogens is 432 g/mol. The van der Waals surface area contributed by atoms with Gasteiger partial charge in [0.05, 0.1) is 0 Å². The second kappa shape index (κ2) is 9.30. The van der Waals surface area contributed by atoms with Crippen molar-refractivity contribution in [3.8, 4) is 0 Å². The third kappa shape index (κ3) is 5.39. The van der Waals surface area contributed by atoms with E-state index in [1.54, 1.807) is 60.7 Å². The predicted octanol–water partition coefficient (Wildman–Crippen LogP) is 3.51. The molecule has 0 spiro atoms. The van der Waals surface area contributed by atoms with Gasteiger partial charge in [0.2, 0.25) is 5.91 Å². The van der Waals surface area contributed by atoms with E-state index in [0.29, 0.717) is 16.7 Å². The molecule has 6 heteroatoms. The first-order valence-corrected chi connectivity index (χ1v) is 9.78. The third-order valence-corrected chi connectivity index (χ3v) is 4.92. The number of rotatable bonds is 7. The number of nitrogens with two attached hydrogens (primary N) is 1. The zero-order valence-corrected chi connectivity index (χ0v) is 17.1. The van der Waals surface area contributed by atoms with Crippen LogP contribution in [0, 0.1) is 0 Å². The van der Waals surface area contributed by atoms with Gasteiger partial charge in [0, 0.05) is 27.6 Å². The fourth-order valence-corrected chi connectivity index (χ4v) is 3.28. The maximum absolute atomic E-state index is 12.5. The molecule has 3 rings (SSSR count). The smallest absolute Gasteiger partial charge is 0.251 e. The van der Waals surface area contributed by atoms with Crippen LogP contribution in [0.2, 0.25) is 0 Å². The number of nitrogens with one attached hydrogen (secondary N) is 1. The van der Waals surface area contributed by atoms with Crippen molar-refractivity contribution in [3.63, 3.8) is 0 Å². The normalized spacial score (nSPS) is 11.5. The Bertz CT molecular complexity index is 1030. The Morgan fingerprint density at radius 3 is 2.07 bits per heavy atom. The SMILES string of the molecule is NC(=O)[C@@H](Cc1ccc(C(=O)c2ccccc2)cc1)NC(=O)c1cccc(Br)c1. The minimum absolute atomic E-state index is 0.0773. The molecule has 2 amide bonds. The van der Waals surface area contributed by atoms with Crippen molar-refractivity contribution in [1.29, 1.82) is 0 Å². The van der Waals surface area contributed by atoms with Gasteiger partial charge in [-0.15, -0.1) is 0 Å². The van der Waals surface area contributed by atoms with Gasteiger partial charge in [-0.05, 0) is 23.8 Å². The quantitative estimate of drug-likeness (QED) is 0.539. The van der Waals surface area contributed by atoms with Crippen molar-refractivity contribution >= 4 is 33.5 Å². The van der Waals surface area contributed by atoms with Crippen molar-refractivity contribution in [2.24, 2.45) is 5.73 Å². The topological polar surface area (TPSA) is 89.3 Å². The van der Waals surface area contributed by atoms with Gasteiger partial charge in [-0.2, -0.15) is 0 Å². The Kier molecular flexibility index (Phi) is 6.57. The lowest BCUT2D eigenvalue weighted by Gasteiger charge is -2.16. The Hall–Kier alpha value is -3.25. The predicted molar refractivity (Wildman–Crippen MR) is 115 cm³/mol. The molecule has 0 aliphatic carbocycles. The molecule has 0 aromatic heterocycles. The number of hydrogen-bond donors (Lipinski definition) is 2. The van der Waals surface area contributed by atoms with E-state index < -0.39 is 11.9 Å². The summed E-state index contributed by atoms with van der Waals surface area (Å²) in [4.78, 5) is 36.7. The highest BCUT2D eigenvalue weighted by atomic mass is 79.9. The van der Waals surface area contributed by atoms with Gasteiger partial charge >= 0.3 is 0 Å². The summed E-state index contributed by atoms with van der Waals surface area (Å²) in [5, 5.41) is 2.67. The van der Waals surface area contributed by atoms with Crippen LogP contribution in [0.3, 0.4) is 0 Å². The molecule has 146 valence electrons. The molecule has 0 bridgehead atoms. The average Bonchev–Trinajstić information content (AvgIpc) is 2.73. The first kappa shape index (κ1) is 20.5. The molecule has 0 radical (unpaired) electrons. The number of primary amides is 1. The van der Waals surface area contributed by atoms with E-state index in [4.69, 9.17) is 5.73 Å². The summed E-state index contributed by atoms with van der Waals surface area (Å²) in [5.41, 5.74) is 7.85. The lowest BCUT2D eigenvalue weighted by Crippen LogP contribution is -2.45. The van der Waals surface area contributed by atoms with Crippen LogP contribution < -0.4 is 11.1 Å². The third-order valence-electron chi connectivity index (χ3n) is 4.43. The maximum Gasteiger partial charge on any atom is 0.251 e. The van der Waals surface area contributed by atoms with Gasteiger partial charge in [0.15, 0.2) is 5.78 Å². The summed E-state index contributed by atoms with van der Waals surface area (Å²) in [6, 6.07) is 21.9. The second-order valence-electron chi connectivity index (χ2n) is 6.53. The van der Waals surface area contributed by atoms with Gasteiger partial charge in [-0.1, -0.05) is 76.6 Å². The Balaban J connectivity index is 1.70. The Morgan fingerprint density at radius 1 is 0.828 bits per heavy atom. The van der Waals surface area contributed by atoms with Crippen LogP contribution in [0.25, 0.3) is 0 Å². The van der Waals surface area contributed by atoms with Crippen LogP contribution >= 0.6 is 15.9 Å². The van der Waals surface area contributed by atoms with E-state index in [-0.39, 0.29) is 18.1 Å². The van der Waals surface area contributed by atoms with Crippen molar-refractivity contribution in [3.05, 3.63) is 106 Å². The van der Waals surface area contributed by atoms with Crippen molar-refractivity contribution in [2.45, 2.75) is 12.5 Å². The monoisotopic (exact) mass is 450 g/mol. The van der Waals surface area contributed by atoms with Crippen LogP contribution in [0.15, 0.2) is 83.3 Å². The van der Waals surface area contributed by atoms with Gasteiger partial charge in [0.25, 0.3) is 5.91 Å². The van der Waals surface area contributed by atoms with Gasteiger partial charge in [-0.25, -0.2) is 0 Å². The lowest BCUT2D eigenvalue weighted by atomic mass is 9.99. The van der Waals surface area contributed by atoms with E-state index >= 15 is 0 Å². The highest BCUT2D eigenvalue weighted by Crippen LogP contribution is 2.14.